The van der Waals surface area contributed by atoms with Gasteiger partial charge in [0.15, 0.2) is 0 Å². The van der Waals surface area contributed by atoms with Crippen LogP contribution in [0.1, 0.15) is 21.5 Å². The molecule has 0 radical (unpaired) electrons. The molecule has 6 nitrogen and oxygen atoms in total. The van der Waals surface area contributed by atoms with E-state index in [2.05, 4.69) is 10.6 Å². The first-order valence-corrected chi connectivity index (χ1v) is 7.05. The van der Waals surface area contributed by atoms with Crippen LogP contribution >= 0.6 is 0 Å². The number of methoxy groups -OCH3 is 1. The Hall–Kier alpha value is -3.02. The summed E-state index contributed by atoms with van der Waals surface area (Å²) in [4.78, 5) is 22.5. The molecule has 0 spiro atoms. The molecule has 0 aliphatic heterocycles. The van der Waals surface area contributed by atoms with Gasteiger partial charge in [-0.1, -0.05) is 24.3 Å². The van der Waals surface area contributed by atoms with Gasteiger partial charge in [-0.2, -0.15) is 0 Å². The number of amides is 2. The lowest BCUT2D eigenvalue weighted by atomic mass is 10.1. The first-order chi connectivity index (χ1) is 11.1. The molecule has 6 heteroatoms. The molecule has 0 unspecified atom stereocenters. The van der Waals surface area contributed by atoms with Crippen LogP contribution in [0.2, 0.25) is 0 Å². The second-order valence-corrected chi connectivity index (χ2v) is 4.89. The second kappa shape index (κ2) is 7.84. The monoisotopic (exact) mass is 314 g/mol. The summed E-state index contributed by atoms with van der Waals surface area (Å²) in [6.45, 7) is 0.713. The van der Waals surface area contributed by atoms with Crippen LogP contribution in [0.5, 0.6) is 5.75 Å². The van der Waals surface area contributed by atoms with Gasteiger partial charge in [-0.3, -0.25) is 0 Å². The van der Waals surface area contributed by atoms with E-state index >= 15 is 0 Å². The summed E-state index contributed by atoms with van der Waals surface area (Å²) in [5.74, 6) is -0.233. The van der Waals surface area contributed by atoms with Gasteiger partial charge in [0.25, 0.3) is 0 Å². The Balaban J connectivity index is 1.79. The third-order valence-electron chi connectivity index (χ3n) is 3.24. The molecule has 0 aliphatic carbocycles. The van der Waals surface area contributed by atoms with Gasteiger partial charge in [0.2, 0.25) is 0 Å². The number of ether oxygens (including phenoxy) is 1. The summed E-state index contributed by atoms with van der Waals surface area (Å²) in [6.07, 6.45) is 0. The summed E-state index contributed by atoms with van der Waals surface area (Å²) in [7, 11) is 1.59. The summed E-state index contributed by atoms with van der Waals surface area (Å²) < 4.78 is 5.12. The van der Waals surface area contributed by atoms with Crippen molar-refractivity contribution >= 4 is 12.0 Å². The average molecular weight is 314 g/mol. The van der Waals surface area contributed by atoms with Gasteiger partial charge in [0.05, 0.1) is 12.7 Å². The molecule has 120 valence electrons. The fourth-order valence-electron chi connectivity index (χ4n) is 1.97. The van der Waals surface area contributed by atoms with Gasteiger partial charge in [0, 0.05) is 13.1 Å². The Labute approximate surface area is 134 Å². The number of carbonyl (C=O) groups excluding carboxylic acids is 1. The van der Waals surface area contributed by atoms with E-state index in [1.165, 1.54) is 12.1 Å². The van der Waals surface area contributed by atoms with Crippen LogP contribution in [0.3, 0.4) is 0 Å². The molecule has 0 fully saturated rings. The molecule has 2 amide bonds. The Morgan fingerprint density at radius 1 is 1.00 bits per heavy atom. The van der Waals surface area contributed by atoms with Crippen LogP contribution in [0, 0.1) is 0 Å². The lowest BCUT2D eigenvalue weighted by Crippen LogP contribution is -2.34. The van der Waals surface area contributed by atoms with Crippen LogP contribution in [-0.4, -0.2) is 24.2 Å². The average Bonchev–Trinajstić information content (AvgIpc) is 2.58. The van der Waals surface area contributed by atoms with E-state index in [0.717, 1.165) is 16.9 Å². The van der Waals surface area contributed by atoms with Gasteiger partial charge < -0.3 is 20.5 Å². The molecule has 3 N–H and O–H groups in total. The van der Waals surface area contributed by atoms with E-state index in [1.54, 1.807) is 19.2 Å². The number of carboxylic acid groups (broad SMARTS) is 1. The highest BCUT2D eigenvalue weighted by molar-refractivity contribution is 5.87. The van der Waals surface area contributed by atoms with Crippen molar-refractivity contribution in [1.82, 2.24) is 10.6 Å². The van der Waals surface area contributed by atoms with E-state index in [1.807, 2.05) is 24.3 Å². The van der Waals surface area contributed by atoms with Gasteiger partial charge in [-0.15, -0.1) is 0 Å². The van der Waals surface area contributed by atoms with Crippen molar-refractivity contribution in [2.24, 2.45) is 0 Å². The van der Waals surface area contributed by atoms with Gasteiger partial charge in [-0.05, 0) is 35.4 Å². The van der Waals surface area contributed by atoms with Crippen molar-refractivity contribution in [2.45, 2.75) is 13.1 Å². The number of nitrogens with one attached hydrogen (secondary N) is 2. The number of hydrogen-bond donors (Lipinski definition) is 3. The molecule has 0 saturated carbocycles. The molecule has 2 rings (SSSR count). The van der Waals surface area contributed by atoms with Gasteiger partial charge in [-0.25, -0.2) is 9.59 Å². The first-order valence-electron chi connectivity index (χ1n) is 7.05. The summed E-state index contributed by atoms with van der Waals surface area (Å²) in [5, 5.41) is 14.3. The maximum atomic E-state index is 11.8. The highest BCUT2D eigenvalue weighted by Crippen LogP contribution is 2.12. The van der Waals surface area contributed by atoms with E-state index in [0.29, 0.717) is 13.1 Å². The maximum absolute atomic E-state index is 11.8. The number of carbonyl (C=O) groups is 2. The van der Waals surface area contributed by atoms with Gasteiger partial charge in [0.1, 0.15) is 5.75 Å². The fourth-order valence-corrected chi connectivity index (χ4v) is 1.97. The molecule has 0 bridgehead atoms. The molecule has 0 atom stereocenters. The third-order valence-corrected chi connectivity index (χ3v) is 3.24. The van der Waals surface area contributed by atoms with Crippen molar-refractivity contribution in [3.8, 4) is 5.75 Å². The van der Waals surface area contributed by atoms with Crippen molar-refractivity contribution in [2.75, 3.05) is 7.11 Å². The molecule has 0 heterocycles. The number of urea groups is 1. The summed E-state index contributed by atoms with van der Waals surface area (Å²) in [6, 6.07) is 13.5. The summed E-state index contributed by atoms with van der Waals surface area (Å²) in [5.41, 5.74) is 1.98. The Morgan fingerprint density at radius 2 is 1.65 bits per heavy atom. The highest BCUT2D eigenvalue weighted by Gasteiger charge is 2.04. The van der Waals surface area contributed by atoms with E-state index < -0.39 is 5.97 Å². The van der Waals surface area contributed by atoms with E-state index in [-0.39, 0.29) is 11.6 Å². The first kappa shape index (κ1) is 16.4. The molecular weight excluding hydrogens is 296 g/mol. The minimum Gasteiger partial charge on any atom is -0.497 e. The van der Waals surface area contributed by atoms with Crippen LogP contribution in [0.25, 0.3) is 0 Å². The quantitative estimate of drug-likeness (QED) is 0.764. The fraction of sp³-hybridized carbons (Fsp3) is 0.176. The lowest BCUT2D eigenvalue weighted by Gasteiger charge is -2.09. The molecule has 2 aromatic carbocycles. The molecule has 0 aliphatic rings. The smallest absolute Gasteiger partial charge is 0.335 e. The normalized spacial score (nSPS) is 9.96. The van der Waals surface area contributed by atoms with Crippen LogP contribution in [0.15, 0.2) is 48.5 Å². The molecule has 23 heavy (non-hydrogen) atoms. The predicted octanol–water partition coefficient (Wildman–Crippen LogP) is 2.39. The summed E-state index contributed by atoms with van der Waals surface area (Å²) >= 11 is 0. The largest absolute Gasteiger partial charge is 0.497 e. The molecular formula is C17H18N2O4. The number of hydrogen-bond acceptors (Lipinski definition) is 3. The molecule has 0 saturated heterocycles. The predicted molar refractivity (Wildman–Crippen MR) is 85.5 cm³/mol. The number of rotatable bonds is 6. The van der Waals surface area contributed by atoms with Crippen molar-refractivity contribution in [1.29, 1.82) is 0 Å². The van der Waals surface area contributed by atoms with Crippen molar-refractivity contribution < 1.29 is 19.4 Å². The minimum atomic E-state index is -0.972. The minimum absolute atomic E-state index is 0.219. The van der Waals surface area contributed by atoms with Crippen molar-refractivity contribution in [3.63, 3.8) is 0 Å². The number of carboxylic acids is 1. The zero-order valence-corrected chi connectivity index (χ0v) is 12.7. The number of aromatic carboxylic acids is 1. The third kappa shape index (κ3) is 5.03. The van der Waals surface area contributed by atoms with E-state index in [9.17, 15) is 9.59 Å². The van der Waals surface area contributed by atoms with E-state index in [4.69, 9.17) is 9.84 Å². The molecule has 2 aromatic rings. The Kier molecular flexibility index (Phi) is 5.57. The number of benzene rings is 2. The topological polar surface area (TPSA) is 87.7 Å². The molecule has 0 aromatic heterocycles. The van der Waals surface area contributed by atoms with Gasteiger partial charge >= 0.3 is 12.0 Å². The van der Waals surface area contributed by atoms with Crippen LogP contribution in [-0.2, 0) is 13.1 Å². The highest BCUT2D eigenvalue weighted by atomic mass is 16.5. The SMILES string of the molecule is COc1cccc(CNC(=O)NCc2ccc(C(=O)O)cc2)c1. The second-order valence-electron chi connectivity index (χ2n) is 4.89. The van der Waals surface area contributed by atoms with Crippen molar-refractivity contribution in [3.05, 3.63) is 65.2 Å². The maximum Gasteiger partial charge on any atom is 0.335 e. The van der Waals surface area contributed by atoms with Crippen LogP contribution in [0.4, 0.5) is 4.79 Å². The Morgan fingerprint density at radius 3 is 2.26 bits per heavy atom. The zero-order chi connectivity index (χ0) is 16.7. The lowest BCUT2D eigenvalue weighted by molar-refractivity contribution is 0.0697. The Bertz CT molecular complexity index is 683. The van der Waals surface area contributed by atoms with Crippen LogP contribution < -0.4 is 15.4 Å². The standard InChI is InChI=1S/C17H18N2O4/c1-23-15-4-2-3-13(9-15)11-19-17(22)18-10-12-5-7-14(8-6-12)16(20)21/h2-9H,10-11H2,1H3,(H,20,21)(H2,18,19,22). The zero-order valence-electron chi connectivity index (χ0n) is 12.7.